The van der Waals surface area contributed by atoms with E-state index in [2.05, 4.69) is 5.32 Å². The van der Waals surface area contributed by atoms with Crippen LogP contribution >= 0.6 is 19.2 Å². The summed E-state index contributed by atoms with van der Waals surface area (Å²) in [6.45, 7) is 5.76. The normalized spacial score (nSPS) is 16.8. The second-order valence-electron chi connectivity index (χ2n) is 12.3. The Balaban J connectivity index is 1.77. The zero-order chi connectivity index (χ0) is 32.8. The zero-order valence-electron chi connectivity index (χ0n) is 27.3. The van der Waals surface area contributed by atoms with Gasteiger partial charge in [-0.1, -0.05) is 93.1 Å². The summed E-state index contributed by atoms with van der Waals surface area (Å²) >= 11 is 6.28. The monoisotopic (exact) mass is 662 g/mol. The van der Waals surface area contributed by atoms with Gasteiger partial charge < -0.3 is 24.4 Å². The predicted molar refractivity (Wildman–Crippen MR) is 180 cm³/mol. The van der Waals surface area contributed by atoms with Gasteiger partial charge in [0.05, 0.1) is 19.3 Å². The summed E-state index contributed by atoms with van der Waals surface area (Å²) in [5.74, 6) is -2.11. The van der Waals surface area contributed by atoms with Crippen LogP contribution in [0.1, 0.15) is 76.8 Å². The van der Waals surface area contributed by atoms with E-state index in [1.54, 1.807) is 32.7 Å². The van der Waals surface area contributed by atoms with Crippen LogP contribution in [0.15, 0.2) is 54.6 Å². The first kappa shape index (κ1) is 37.2. The van der Waals surface area contributed by atoms with Crippen molar-refractivity contribution in [1.29, 1.82) is 0 Å². The zero-order valence-corrected chi connectivity index (χ0v) is 29.0. The van der Waals surface area contributed by atoms with Crippen molar-refractivity contribution in [3.05, 3.63) is 70.7 Å². The Morgan fingerprint density at radius 2 is 1.67 bits per heavy atom. The highest BCUT2D eigenvalue weighted by molar-refractivity contribution is 7.54. The molecule has 1 aliphatic carbocycles. The lowest BCUT2D eigenvalue weighted by Crippen LogP contribution is -2.47. The maximum Gasteiger partial charge on any atom is 0.360 e. The minimum atomic E-state index is -4.01. The van der Waals surface area contributed by atoms with E-state index in [9.17, 15) is 19.3 Å². The number of benzene rings is 2. The molecule has 250 valence electrons. The molecule has 1 aliphatic rings. The van der Waals surface area contributed by atoms with Crippen molar-refractivity contribution in [2.75, 3.05) is 26.8 Å². The smallest absolute Gasteiger partial charge is 0.360 e. The Bertz CT molecular complexity index is 1230. The van der Waals surface area contributed by atoms with Gasteiger partial charge in [-0.05, 0) is 68.2 Å². The van der Waals surface area contributed by atoms with E-state index in [0.29, 0.717) is 30.3 Å². The molecule has 3 rings (SSSR count). The maximum absolute atomic E-state index is 13.7. The number of likely N-dealkylation sites (N-methyl/N-ethyl adjacent to an activating group) is 1. The number of aliphatic hydroxyl groups excluding tert-OH is 1. The van der Waals surface area contributed by atoms with Gasteiger partial charge in [-0.25, -0.2) is 0 Å². The highest BCUT2D eigenvalue weighted by Crippen LogP contribution is 2.53. The van der Waals surface area contributed by atoms with E-state index in [1.165, 1.54) is 6.42 Å². The minimum Gasteiger partial charge on any atom is -0.379 e. The lowest BCUT2D eigenvalue weighted by atomic mass is 9.76. The molecule has 2 aromatic rings. The summed E-state index contributed by atoms with van der Waals surface area (Å²) in [5.41, 5.74) is 2.21. The van der Waals surface area contributed by atoms with Crippen molar-refractivity contribution in [1.82, 2.24) is 10.2 Å². The fourth-order valence-electron chi connectivity index (χ4n) is 6.42. The standard InChI is InChI=1S/C35H52ClN2O6P/c1-5-43-45(42,44-6-2)35(41)32(22-26(3)34(40)38(4)21-20-27-14-9-7-10-15-27)37-33(39)25-30(29-17-11-8-12-18-29)23-28-16-13-19-31(36)24-28/h7,9-10,13-16,19,24,26,29-30,32,35,41H,5-6,8,11-12,17-18,20-23,25H2,1-4H3,(H,37,39)/t26?,30?,32-,35?/m0/s1. The number of halogens is 1. The van der Waals surface area contributed by atoms with E-state index >= 15 is 0 Å². The van der Waals surface area contributed by atoms with Gasteiger partial charge in [0.2, 0.25) is 11.8 Å². The first-order valence-electron chi connectivity index (χ1n) is 16.5. The van der Waals surface area contributed by atoms with Crippen LogP contribution in [0.25, 0.3) is 0 Å². The van der Waals surface area contributed by atoms with Crippen molar-refractivity contribution in [2.45, 2.75) is 90.4 Å². The highest BCUT2D eigenvalue weighted by Gasteiger charge is 2.42. The summed E-state index contributed by atoms with van der Waals surface area (Å²) < 4.78 is 24.6. The van der Waals surface area contributed by atoms with E-state index in [0.717, 1.165) is 36.8 Å². The van der Waals surface area contributed by atoms with Crippen LogP contribution in [0.2, 0.25) is 5.02 Å². The second kappa shape index (κ2) is 18.8. The summed E-state index contributed by atoms with van der Waals surface area (Å²) in [7, 11) is -2.25. The van der Waals surface area contributed by atoms with E-state index in [1.807, 2.05) is 54.6 Å². The Morgan fingerprint density at radius 1 is 1.02 bits per heavy atom. The van der Waals surface area contributed by atoms with Crippen molar-refractivity contribution >= 4 is 31.0 Å². The molecule has 2 aromatic carbocycles. The molecule has 3 unspecified atom stereocenters. The van der Waals surface area contributed by atoms with Crippen LogP contribution in [0.4, 0.5) is 0 Å². The van der Waals surface area contributed by atoms with Gasteiger partial charge in [0.25, 0.3) is 0 Å². The first-order chi connectivity index (χ1) is 21.6. The Hall–Kier alpha value is -2.22. The molecule has 2 amide bonds. The molecule has 8 nitrogen and oxygen atoms in total. The largest absolute Gasteiger partial charge is 0.379 e. The van der Waals surface area contributed by atoms with Crippen LogP contribution in [0.3, 0.4) is 0 Å². The van der Waals surface area contributed by atoms with Gasteiger partial charge in [-0.15, -0.1) is 0 Å². The quantitative estimate of drug-likeness (QED) is 0.163. The average Bonchev–Trinajstić information content (AvgIpc) is 3.03. The van der Waals surface area contributed by atoms with Gasteiger partial charge in [-0.3, -0.25) is 14.2 Å². The van der Waals surface area contributed by atoms with Crippen LogP contribution in [0.5, 0.6) is 0 Å². The van der Waals surface area contributed by atoms with E-state index < -0.39 is 25.4 Å². The van der Waals surface area contributed by atoms with Crippen LogP contribution in [0, 0.1) is 17.8 Å². The SMILES string of the molecule is CCOP(=O)(OCC)C(O)[C@H](CC(C)C(=O)N(C)CCc1ccccc1)NC(=O)CC(Cc1cccc(Cl)c1)C1CCCCC1. The fourth-order valence-corrected chi connectivity index (χ4v) is 8.37. The summed E-state index contributed by atoms with van der Waals surface area (Å²) in [5, 5.41) is 15.1. The molecule has 4 atom stereocenters. The van der Waals surface area contributed by atoms with Crippen molar-refractivity contribution in [2.24, 2.45) is 17.8 Å². The number of hydrogen-bond acceptors (Lipinski definition) is 6. The Kier molecular flexibility index (Phi) is 15.6. The van der Waals surface area contributed by atoms with Crippen molar-refractivity contribution in [3.63, 3.8) is 0 Å². The summed E-state index contributed by atoms with van der Waals surface area (Å²) in [4.78, 5) is 28.8. The molecule has 0 bridgehead atoms. The van der Waals surface area contributed by atoms with Crippen LogP contribution in [-0.2, 0) is 36.0 Å². The Morgan fingerprint density at radius 3 is 2.29 bits per heavy atom. The van der Waals surface area contributed by atoms with E-state index in [4.69, 9.17) is 20.6 Å². The second-order valence-corrected chi connectivity index (χ2v) is 14.9. The molecule has 0 aromatic heterocycles. The lowest BCUT2D eigenvalue weighted by molar-refractivity contribution is -0.134. The highest BCUT2D eigenvalue weighted by atomic mass is 35.5. The van der Waals surface area contributed by atoms with Gasteiger partial charge in [0, 0.05) is 31.0 Å². The third-order valence-electron chi connectivity index (χ3n) is 8.78. The molecule has 0 aliphatic heterocycles. The predicted octanol–water partition coefficient (Wildman–Crippen LogP) is 7.27. The molecule has 2 N–H and O–H groups in total. The summed E-state index contributed by atoms with van der Waals surface area (Å²) in [6, 6.07) is 16.7. The number of nitrogens with one attached hydrogen (secondary N) is 1. The fraction of sp³-hybridized carbons (Fsp3) is 0.600. The van der Waals surface area contributed by atoms with Gasteiger partial charge in [-0.2, -0.15) is 0 Å². The molecule has 0 radical (unpaired) electrons. The lowest BCUT2D eigenvalue weighted by Gasteiger charge is -2.33. The van der Waals surface area contributed by atoms with Crippen LogP contribution in [-0.4, -0.2) is 60.5 Å². The van der Waals surface area contributed by atoms with Crippen LogP contribution < -0.4 is 5.32 Å². The van der Waals surface area contributed by atoms with Gasteiger partial charge >= 0.3 is 7.60 Å². The molecule has 1 fully saturated rings. The number of hydrogen-bond donors (Lipinski definition) is 2. The maximum atomic E-state index is 13.7. The molecular formula is C35H52ClN2O6P. The minimum absolute atomic E-state index is 0.0646. The van der Waals surface area contributed by atoms with Gasteiger partial charge in [0.15, 0.2) is 5.85 Å². The topological polar surface area (TPSA) is 105 Å². The van der Waals surface area contributed by atoms with Gasteiger partial charge in [0.1, 0.15) is 0 Å². The number of carbonyl (C=O) groups is 2. The first-order valence-corrected chi connectivity index (χ1v) is 18.4. The molecule has 1 saturated carbocycles. The molecule has 0 heterocycles. The number of carbonyl (C=O) groups excluding carboxylic acids is 2. The van der Waals surface area contributed by atoms with E-state index in [-0.39, 0.29) is 43.8 Å². The number of aliphatic hydroxyl groups is 1. The molecular weight excluding hydrogens is 611 g/mol. The number of rotatable bonds is 18. The molecule has 0 spiro atoms. The third-order valence-corrected chi connectivity index (χ3v) is 11.3. The third kappa shape index (κ3) is 11.8. The number of nitrogens with zero attached hydrogens (tertiary/aromatic N) is 1. The molecule has 10 heteroatoms. The number of amides is 2. The van der Waals surface area contributed by atoms with Crippen molar-refractivity contribution in [3.8, 4) is 0 Å². The Labute approximate surface area is 274 Å². The molecule has 0 saturated heterocycles. The molecule has 45 heavy (non-hydrogen) atoms. The van der Waals surface area contributed by atoms with Crippen molar-refractivity contribution < 1.29 is 28.3 Å². The summed E-state index contributed by atoms with van der Waals surface area (Å²) in [6.07, 6.45) is 7.36. The average molecular weight is 663 g/mol.